The minimum absolute atomic E-state index is 0.199. The highest BCUT2D eigenvalue weighted by molar-refractivity contribution is 5.81. The number of amides is 1. The third-order valence-corrected chi connectivity index (χ3v) is 4.09. The number of rotatable bonds is 4. The van der Waals surface area contributed by atoms with Gasteiger partial charge in [-0.3, -0.25) is 9.69 Å². The molecule has 0 spiro atoms. The van der Waals surface area contributed by atoms with E-state index in [1.54, 1.807) is 12.1 Å². The molecule has 5 heteroatoms. The summed E-state index contributed by atoms with van der Waals surface area (Å²) in [6.07, 6.45) is -0.199. The zero-order valence-electron chi connectivity index (χ0n) is 12.7. The standard InChI is InChI=1S/C18H19FN2O2/c19-15-8-6-13(7-9-15)16-12-21(10-11-23-16)17(18(20)22)14-4-2-1-3-5-14/h1-9,16-17H,10-12H2,(H2,20,22)/t16-,17-/m0/s1. The van der Waals surface area contributed by atoms with E-state index < -0.39 is 6.04 Å². The molecular formula is C18H19FN2O2. The molecule has 1 aliphatic heterocycles. The summed E-state index contributed by atoms with van der Waals surface area (Å²) in [4.78, 5) is 14.0. The number of nitrogens with zero attached hydrogens (tertiary/aromatic N) is 1. The number of primary amides is 1. The van der Waals surface area contributed by atoms with Crippen LogP contribution in [0.5, 0.6) is 0 Å². The molecule has 1 aliphatic rings. The molecule has 2 atom stereocenters. The van der Waals surface area contributed by atoms with Gasteiger partial charge in [0.2, 0.25) is 5.91 Å². The molecule has 0 aliphatic carbocycles. The second kappa shape index (κ2) is 6.89. The fourth-order valence-corrected chi connectivity index (χ4v) is 2.97. The fourth-order valence-electron chi connectivity index (χ4n) is 2.97. The van der Waals surface area contributed by atoms with Crippen molar-refractivity contribution in [3.05, 3.63) is 71.5 Å². The SMILES string of the molecule is NC(=O)[C@H](c1ccccc1)N1CCO[C@H](c2ccc(F)cc2)C1. The Balaban J connectivity index is 1.81. The largest absolute Gasteiger partial charge is 0.371 e. The molecule has 120 valence electrons. The molecule has 0 saturated carbocycles. The van der Waals surface area contributed by atoms with Gasteiger partial charge in [0, 0.05) is 13.1 Å². The molecule has 23 heavy (non-hydrogen) atoms. The van der Waals surface area contributed by atoms with Crippen molar-refractivity contribution in [2.24, 2.45) is 5.73 Å². The molecule has 3 rings (SSSR count). The first-order valence-electron chi connectivity index (χ1n) is 7.60. The van der Waals surface area contributed by atoms with E-state index in [4.69, 9.17) is 10.5 Å². The summed E-state index contributed by atoms with van der Waals surface area (Å²) >= 11 is 0. The van der Waals surface area contributed by atoms with E-state index in [-0.39, 0.29) is 17.8 Å². The number of hydrogen-bond donors (Lipinski definition) is 1. The number of carbonyl (C=O) groups is 1. The number of halogens is 1. The van der Waals surface area contributed by atoms with Gasteiger partial charge in [0.1, 0.15) is 11.9 Å². The maximum atomic E-state index is 13.1. The van der Waals surface area contributed by atoms with Crippen LogP contribution in [0.4, 0.5) is 4.39 Å². The van der Waals surface area contributed by atoms with E-state index in [0.717, 1.165) is 11.1 Å². The van der Waals surface area contributed by atoms with Gasteiger partial charge < -0.3 is 10.5 Å². The summed E-state index contributed by atoms with van der Waals surface area (Å²) in [6.45, 7) is 1.66. The Morgan fingerprint density at radius 2 is 1.87 bits per heavy atom. The summed E-state index contributed by atoms with van der Waals surface area (Å²) in [6, 6.07) is 15.3. The zero-order valence-corrected chi connectivity index (χ0v) is 12.7. The summed E-state index contributed by atoms with van der Waals surface area (Å²) in [7, 11) is 0. The van der Waals surface area contributed by atoms with Crippen LogP contribution < -0.4 is 5.73 Å². The van der Waals surface area contributed by atoms with Crippen LogP contribution in [0.3, 0.4) is 0 Å². The highest BCUT2D eigenvalue weighted by Crippen LogP contribution is 2.28. The van der Waals surface area contributed by atoms with Gasteiger partial charge in [-0.15, -0.1) is 0 Å². The van der Waals surface area contributed by atoms with Crippen molar-refractivity contribution in [1.29, 1.82) is 0 Å². The highest BCUT2D eigenvalue weighted by atomic mass is 19.1. The number of morpholine rings is 1. The Morgan fingerprint density at radius 3 is 2.52 bits per heavy atom. The van der Waals surface area contributed by atoms with Crippen molar-refractivity contribution in [2.45, 2.75) is 12.1 Å². The Hall–Kier alpha value is -2.24. The van der Waals surface area contributed by atoms with Crippen LogP contribution in [-0.2, 0) is 9.53 Å². The normalized spacial score (nSPS) is 20.1. The average Bonchev–Trinajstić information content (AvgIpc) is 2.57. The first-order chi connectivity index (χ1) is 11.1. The summed E-state index contributed by atoms with van der Waals surface area (Å²) in [5, 5.41) is 0. The summed E-state index contributed by atoms with van der Waals surface area (Å²) in [5.41, 5.74) is 7.40. The minimum atomic E-state index is -0.483. The number of benzene rings is 2. The van der Waals surface area contributed by atoms with Crippen LogP contribution in [-0.4, -0.2) is 30.5 Å². The monoisotopic (exact) mass is 314 g/mol. The number of nitrogens with two attached hydrogens (primary N) is 1. The van der Waals surface area contributed by atoms with Crippen LogP contribution >= 0.6 is 0 Å². The zero-order chi connectivity index (χ0) is 16.2. The van der Waals surface area contributed by atoms with Crippen LogP contribution in [0.1, 0.15) is 23.3 Å². The molecule has 2 aromatic rings. The quantitative estimate of drug-likeness (QED) is 0.943. The van der Waals surface area contributed by atoms with Crippen molar-refractivity contribution in [2.75, 3.05) is 19.7 Å². The maximum Gasteiger partial charge on any atom is 0.239 e. The van der Waals surface area contributed by atoms with Gasteiger partial charge in [0.25, 0.3) is 0 Å². The van der Waals surface area contributed by atoms with Crippen molar-refractivity contribution in [3.63, 3.8) is 0 Å². The van der Waals surface area contributed by atoms with Crippen LogP contribution in [0.25, 0.3) is 0 Å². The molecule has 1 heterocycles. The van der Waals surface area contributed by atoms with Gasteiger partial charge in [-0.05, 0) is 23.3 Å². The smallest absolute Gasteiger partial charge is 0.239 e. The third-order valence-electron chi connectivity index (χ3n) is 4.09. The highest BCUT2D eigenvalue weighted by Gasteiger charge is 2.31. The Kier molecular flexibility index (Phi) is 4.69. The Bertz CT molecular complexity index is 660. The second-order valence-electron chi connectivity index (χ2n) is 5.62. The lowest BCUT2D eigenvalue weighted by Crippen LogP contribution is -2.45. The van der Waals surface area contributed by atoms with E-state index in [1.807, 2.05) is 35.2 Å². The molecule has 0 aromatic heterocycles. The van der Waals surface area contributed by atoms with E-state index in [0.29, 0.717) is 19.7 Å². The van der Waals surface area contributed by atoms with Gasteiger partial charge >= 0.3 is 0 Å². The van der Waals surface area contributed by atoms with Crippen molar-refractivity contribution in [3.8, 4) is 0 Å². The number of hydrogen-bond acceptors (Lipinski definition) is 3. The van der Waals surface area contributed by atoms with Crippen LogP contribution in [0, 0.1) is 5.82 Å². The van der Waals surface area contributed by atoms with Crippen molar-refractivity contribution in [1.82, 2.24) is 4.90 Å². The molecule has 2 N–H and O–H groups in total. The number of ether oxygens (including phenoxy) is 1. The first-order valence-corrected chi connectivity index (χ1v) is 7.60. The van der Waals surface area contributed by atoms with Crippen molar-refractivity contribution >= 4 is 5.91 Å². The van der Waals surface area contributed by atoms with E-state index in [2.05, 4.69) is 0 Å². The molecule has 0 unspecified atom stereocenters. The Morgan fingerprint density at radius 1 is 1.17 bits per heavy atom. The van der Waals surface area contributed by atoms with Gasteiger partial charge in [0.15, 0.2) is 0 Å². The summed E-state index contributed by atoms with van der Waals surface area (Å²) in [5.74, 6) is -0.656. The molecule has 4 nitrogen and oxygen atoms in total. The molecule has 1 amide bonds. The lowest BCUT2D eigenvalue weighted by Gasteiger charge is -2.37. The van der Waals surface area contributed by atoms with E-state index >= 15 is 0 Å². The predicted molar refractivity (Wildman–Crippen MR) is 85.0 cm³/mol. The van der Waals surface area contributed by atoms with Gasteiger partial charge in [-0.1, -0.05) is 42.5 Å². The van der Waals surface area contributed by atoms with E-state index in [1.165, 1.54) is 12.1 Å². The predicted octanol–water partition coefficient (Wildman–Crippen LogP) is 2.43. The topological polar surface area (TPSA) is 55.6 Å². The maximum absolute atomic E-state index is 13.1. The van der Waals surface area contributed by atoms with Crippen molar-refractivity contribution < 1.29 is 13.9 Å². The number of carbonyl (C=O) groups excluding carboxylic acids is 1. The molecule has 1 saturated heterocycles. The van der Waals surface area contributed by atoms with Gasteiger partial charge in [0.05, 0.1) is 12.7 Å². The van der Waals surface area contributed by atoms with E-state index in [9.17, 15) is 9.18 Å². The fraction of sp³-hybridized carbons (Fsp3) is 0.278. The van der Waals surface area contributed by atoms with Gasteiger partial charge in [-0.25, -0.2) is 4.39 Å². The second-order valence-corrected chi connectivity index (χ2v) is 5.62. The van der Waals surface area contributed by atoms with Crippen LogP contribution in [0.15, 0.2) is 54.6 Å². The van der Waals surface area contributed by atoms with Crippen LogP contribution in [0.2, 0.25) is 0 Å². The molecular weight excluding hydrogens is 295 g/mol. The first kappa shape index (κ1) is 15.6. The lowest BCUT2D eigenvalue weighted by atomic mass is 10.0. The molecule has 2 aromatic carbocycles. The average molecular weight is 314 g/mol. The lowest BCUT2D eigenvalue weighted by molar-refractivity contribution is -0.127. The summed E-state index contributed by atoms with van der Waals surface area (Å²) < 4.78 is 18.9. The molecule has 1 fully saturated rings. The Labute approximate surface area is 134 Å². The molecule has 0 bridgehead atoms. The third kappa shape index (κ3) is 3.57. The van der Waals surface area contributed by atoms with Gasteiger partial charge in [-0.2, -0.15) is 0 Å². The minimum Gasteiger partial charge on any atom is -0.371 e. The molecule has 0 radical (unpaired) electrons.